The Morgan fingerprint density at radius 1 is 1.24 bits per heavy atom. The predicted octanol–water partition coefficient (Wildman–Crippen LogP) is 3.47. The summed E-state index contributed by atoms with van der Waals surface area (Å²) in [6.45, 7) is 4.39. The summed E-state index contributed by atoms with van der Waals surface area (Å²) in [5.74, 6) is 1.05. The Morgan fingerprint density at radius 2 is 2.00 bits per heavy atom. The molecule has 1 saturated carbocycles. The van der Waals surface area contributed by atoms with Crippen molar-refractivity contribution in [1.29, 1.82) is 0 Å². The average molecular weight is 286 g/mol. The van der Waals surface area contributed by atoms with Gasteiger partial charge in [0.05, 0.1) is 6.17 Å². The van der Waals surface area contributed by atoms with E-state index in [9.17, 15) is 4.79 Å². The van der Waals surface area contributed by atoms with E-state index < -0.39 is 0 Å². The lowest BCUT2D eigenvalue weighted by molar-refractivity contribution is -0.133. The Hall–Kier alpha value is -1.35. The molecule has 3 heteroatoms. The minimum atomic E-state index is -0.164. The molecule has 3 nitrogen and oxygen atoms in total. The topological polar surface area (TPSA) is 32.3 Å². The molecule has 114 valence electrons. The third kappa shape index (κ3) is 2.84. The Bertz CT molecular complexity index is 487. The zero-order valence-corrected chi connectivity index (χ0v) is 13.1. The molecule has 0 bridgehead atoms. The van der Waals surface area contributed by atoms with Crippen LogP contribution in [0.15, 0.2) is 30.3 Å². The van der Waals surface area contributed by atoms with Crippen LogP contribution < -0.4 is 5.32 Å². The van der Waals surface area contributed by atoms with Gasteiger partial charge >= 0.3 is 0 Å². The second-order valence-electron chi connectivity index (χ2n) is 6.53. The van der Waals surface area contributed by atoms with Gasteiger partial charge in [-0.2, -0.15) is 0 Å². The van der Waals surface area contributed by atoms with Crippen molar-refractivity contribution in [3.63, 3.8) is 0 Å². The third-order valence-electron chi connectivity index (χ3n) is 5.19. The fraction of sp³-hybridized carbons (Fsp3) is 0.611. The first-order valence-corrected chi connectivity index (χ1v) is 8.34. The fourth-order valence-corrected chi connectivity index (χ4v) is 4.00. The number of nitrogens with one attached hydrogen (secondary N) is 1. The quantitative estimate of drug-likeness (QED) is 0.922. The largest absolute Gasteiger partial charge is 0.323 e. The minimum Gasteiger partial charge on any atom is -0.323 e. The Labute approximate surface area is 127 Å². The van der Waals surface area contributed by atoms with Gasteiger partial charge in [-0.3, -0.25) is 10.1 Å². The van der Waals surface area contributed by atoms with Gasteiger partial charge in [-0.15, -0.1) is 0 Å². The minimum absolute atomic E-state index is 0.142. The second-order valence-corrected chi connectivity index (χ2v) is 6.53. The summed E-state index contributed by atoms with van der Waals surface area (Å²) in [6.07, 6.45) is 6.31. The molecular weight excluding hydrogens is 260 g/mol. The molecule has 1 aliphatic heterocycles. The highest BCUT2D eigenvalue weighted by Gasteiger charge is 2.42. The molecule has 1 heterocycles. The summed E-state index contributed by atoms with van der Waals surface area (Å²) in [7, 11) is 0. The van der Waals surface area contributed by atoms with Crippen molar-refractivity contribution < 1.29 is 4.79 Å². The molecule has 1 saturated heterocycles. The standard InChI is InChI=1S/C18H26N2O/c1-3-14-8-7-11-16(12-14)20-13(2)19-17(18(20)21)15-9-5-4-6-10-15/h4-6,9-10,13-14,16-17,19H,3,7-8,11-12H2,1-2H3. The fourth-order valence-electron chi connectivity index (χ4n) is 4.00. The second kappa shape index (κ2) is 6.18. The van der Waals surface area contributed by atoms with E-state index in [0.29, 0.717) is 6.04 Å². The molecule has 3 rings (SSSR count). The molecule has 0 spiro atoms. The molecule has 1 N–H and O–H groups in total. The van der Waals surface area contributed by atoms with Crippen molar-refractivity contribution in [1.82, 2.24) is 10.2 Å². The van der Waals surface area contributed by atoms with E-state index in [-0.39, 0.29) is 18.1 Å². The SMILES string of the molecule is CCC1CCCC(N2C(=O)C(c3ccccc3)NC2C)C1. The Balaban J connectivity index is 1.76. The maximum Gasteiger partial charge on any atom is 0.245 e. The summed E-state index contributed by atoms with van der Waals surface area (Å²) in [5.41, 5.74) is 1.08. The maximum atomic E-state index is 12.9. The van der Waals surface area contributed by atoms with Crippen LogP contribution in [0.25, 0.3) is 0 Å². The van der Waals surface area contributed by atoms with Gasteiger partial charge in [0.1, 0.15) is 6.04 Å². The van der Waals surface area contributed by atoms with Crippen molar-refractivity contribution in [2.75, 3.05) is 0 Å². The first-order chi connectivity index (χ1) is 10.2. The van der Waals surface area contributed by atoms with E-state index in [4.69, 9.17) is 0 Å². The molecule has 2 aliphatic rings. The highest BCUT2D eigenvalue weighted by Crippen LogP contribution is 2.34. The molecular formula is C18H26N2O. The monoisotopic (exact) mass is 286 g/mol. The van der Waals surface area contributed by atoms with Gasteiger partial charge in [0.2, 0.25) is 5.91 Å². The summed E-state index contributed by atoms with van der Waals surface area (Å²) in [5, 5.41) is 3.48. The van der Waals surface area contributed by atoms with Crippen LogP contribution in [0.2, 0.25) is 0 Å². The van der Waals surface area contributed by atoms with Crippen LogP contribution in [0.5, 0.6) is 0 Å². The molecule has 2 fully saturated rings. The van der Waals surface area contributed by atoms with Gasteiger partial charge in [0, 0.05) is 6.04 Å². The Morgan fingerprint density at radius 3 is 2.71 bits per heavy atom. The normalized spacial score (nSPS) is 33.4. The van der Waals surface area contributed by atoms with E-state index in [0.717, 1.165) is 17.9 Å². The maximum absolute atomic E-state index is 12.9. The molecule has 21 heavy (non-hydrogen) atoms. The number of nitrogens with zero attached hydrogens (tertiary/aromatic N) is 1. The number of amides is 1. The lowest BCUT2D eigenvalue weighted by Gasteiger charge is -2.37. The van der Waals surface area contributed by atoms with Gasteiger partial charge in [0.15, 0.2) is 0 Å². The predicted molar refractivity (Wildman–Crippen MR) is 84.7 cm³/mol. The Kier molecular flexibility index (Phi) is 4.29. The third-order valence-corrected chi connectivity index (χ3v) is 5.19. The van der Waals surface area contributed by atoms with Gasteiger partial charge < -0.3 is 4.90 Å². The van der Waals surface area contributed by atoms with E-state index in [1.54, 1.807) is 0 Å². The number of carbonyl (C=O) groups excluding carboxylic acids is 1. The van der Waals surface area contributed by atoms with Crippen LogP contribution in [0, 0.1) is 5.92 Å². The van der Waals surface area contributed by atoms with Crippen molar-refractivity contribution in [3.05, 3.63) is 35.9 Å². The van der Waals surface area contributed by atoms with Crippen LogP contribution in [0.3, 0.4) is 0 Å². The van der Waals surface area contributed by atoms with E-state index in [2.05, 4.69) is 24.1 Å². The molecule has 0 aromatic heterocycles. The summed E-state index contributed by atoms with van der Waals surface area (Å²) in [4.78, 5) is 15.0. The number of benzene rings is 1. The van der Waals surface area contributed by atoms with Crippen LogP contribution in [-0.4, -0.2) is 23.0 Å². The summed E-state index contributed by atoms with van der Waals surface area (Å²) in [6, 6.07) is 10.4. The molecule has 1 amide bonds. The smallest absolute Gasteiger partial charge is 0.245 e. The average Bonchev–Trinajstić information content (AvgIpc) is 2.83. The lowest BCUT2D eigenvalue weighted by Crippen LogP contribution is -2.45. The van der Waals surface area contributed by atoms with Gasteiger partial charge in [-0.25, -0.2) is 0 Å². The van der Waals surface area contributed by atoms with Gasteiger partial charge in [-0.05, 0) is 31.2 Å². The lowest BCUT2D eigenvalue weighted by atomic mass is 9.83. The molecule has 4 unspecified atom stereocenters. The number of rotatable bonds is 3. The summed E-state index contributed by atoms with van der Waals surface area (Å²) >= 11 is 0. The first-order valence-electron chi connectivity index (χ1n) is 8.34. The molecule has 4 atom stereocenters. The highest BCUT2D eigenvalue weighted by molar-refractivity contribution is 5.86. The van der Waals surface area contributed by atoms with Gasteiger partial charge in [0.25, 0.3) is 0 Å². The molecule has 1 aromatic rings. The van der Waals surface area contributed by atoms with E-state index in [1.807, 2.05) is 30.3 Å². The van der Waals surface area contributed by atoms with Crippen LogP contribution in [-0.2, 0) is 4.79 Å². The zero-order chi connectivity index (χ0) is 14.8. The van der Waals surface area contributed by atoms with Crippen molar-refractivity contribution in [3.8, 4) is 0 Å². The molecule has 1 aliphatic carbocycles. The zero-order valence-electron chi connectivity index (χ0n) is 13.1. The van der Waals surface area contributed by atoms with Crippen molar-refractivity contribution in [2.24, 2.45) is 5.92 Å². The number of carbonyl (C=O) groups is 1. The van der Waals surface area contributed by atoms with Crippen molar-refractivity contribution in [2.45, 2.75) is 64.2 Å². The van der Waals surface area contributed by atoms with E-state index in [1.165, 1.54) is 25.7 Å². The first kappa shape index (κ1) is 14.6. The van der Waals surface area contributed by atoms with Crippen LogP contribution in [0.4, 0.5) is 0 Å². The molecule has 0 radical (unpaired) electrons. The van der Waals surface area contributed by atoms with Crippen LogP contribution in [0.1, 0.15) is 57.6 Å². The number of hydrogen-bond donors (Lipinski definition) is 1. The van der Waals surface area contributed by atoms with E-state index >= 15 is 0 Å². The summed E-state index contributed by atoms with van der Waals surface area (Å²) < 4.78 is 0. The van der Waals surface area contributed by atoms with Crippen molar-refractivity contribution >= 4 is 5.91 Å². The van der Waals surface area contributed by atoms with Gasteiger partial charge in [-0.1, -0.05) is 56.5 Å². The molecule has 1 aromatic carbocycles. The highest BCUT2D eigenvalue weighted by atomic mass is 16.2. The number of hydrogen-bond acceptors (Lipinski definition) is 2. The van der Waals surface area contributed by atoms with Crippen LogP contribution >= 0.6 is 0 Å².